The van der Waals surface area contributed by atoms with E-state index in [1.165, 1.54) is 0 Å². The number of fused-ring (bicyclic) bond motifs is 7. The lowest BCUT2D eigenvalue weighted by Gasteiger charge is -2.72. The molecule has 1 aromatic carbocycles. The first kappa shape index (κ1) is 42.3. The van der Waals surface area contributed by atoms with Crippen LogP contribution in [0.2, 0.25) is 0 Å². The molecule has 4 N–H and O–H groups in total. The van der Waals surface area contributed by atoms with E-state index in [-0.39, 0.29) is 58.2 Å². The number of allylic oxidation sites excluding steroid dienone is 1. The number of Topliss-reactive ketones (excluding diaryl/α,β-unsaturated/α-hetero) is 1. The van der Waals surface area contributed by atoms with Crippen molar-refractivity contribution >= 4 is 17.7 Å². The summed E-state index contributed by atoms with van der Waals surface area (Å²) < 4.78 is 8.09. The number of hydrogen-bond donors (Lipinski definition) is 3. The van der Waals surface area contributed by atoms with E-state index in [0.717, 1.165) is 61.7 Å². The molecule has 0 radical (unpaired) electrons. The summed E-state index contributed by atoms with van der Waals surface area (Å²) in [5.74, 6) is 0.560. The fourth-order valence-electron chi connectivity index (χ4n) is 13.9. The Hall–Kier alpha value is -3.88. The number of aromatic nitrogens is 3. The molecule has 2 aromatic rings. The number of rotatable bonds is 10. The quantitative estimate of drug-likeness (QED) is 0.198. The summed E-state index contributed by atoms with van der Waals surface area (Å²) in [7, 11) is 0. The Morgan fingerprint density at radius 3 is 2.29 bits per heavy atom. The van der Waals surface area contributed by atoms with Crippen LogP contribution in [0.3, 0.4) is 0 Å². The number of ketones is 1. The maximum atomic E-state index is 14.4. The van der Waals surface area contributed by atoms with Crippen LogP contribution in [-0.4, -0.2) is 55.3 Å². The molecule has 0 saturated heterocycles. The van der Waals surface area contributed by atoms with Gasteiger partial charge in [-0.1, -0.05) is 48.5 Å². The fourth-order valence-corrected chi connectivity index (χ4v) is 13.9. The Morgan fingerprint density at radius 1 is 0.983 bits per heavy atom. The summed E-state index contributed by atoms with van der Waals surface area (Å²) in [6.45, 7) is 20.1. The van der Waals surface area contributed by atoms with Gasteiger partial charge in [0.2, 0.25) is 0 Å². The Labute approximate surface area is 344 Å². The maximum absolute atomic E-state index is 14.4. The first-order valence-corrected chi connectivity index (χ1v) is 21.7. The van der Waals surface area contributed by atoms with Crippen LogP contribution in [0, 0.1) is 67.5 Å². The number of aliphatic hydroxyl groups is 1. The van der Waals surface area contributed by atoms with Gasteiger partial charge in [-0.2, -0.15) is 5.26 Å². The van der Waals surface area contributed by atoms with Gasteiger partial charge >= 0.3 is 11.9 Å². The number of esters is 1. The predicted molar refractivity (Wildman–Crippen MR) is 220 cm³/mol. The van der Waals surface area contributed by atoms with Gasteiger partial charge < -0.3 is 25.3 Å². The molecule has 0 spiro atoms. The van der Waals surface area contributed by atoms with Gasteiger partial charge in [-0.3, -0.25) is 14.4 Å². The van der Waals surface area contributed by atoms with Crippen LogP contribution in [0.5, 0.6) is 0 Å². The molecule has 1 aromatic heterocycles. The number of hydrogen-bond acceptors (Lipinski definition) is 9. The van der Waals surface area contributed by atoms with Gasteiger partial charge in [0.05, 0.1) is 23.5 Å². The molecule has 5 aliphatic rings. The molecule has 11 nitrogen and oxygen atoms in total. The first-order valence-electron chi connectivity index (χ1n) is 21.7. The SMILES string of the molecule is CC(C)C1=C2[C@H]3CC[C@@H]4[C@@]5(C)CC[C@H](OC(=O)CC(C)(C)C(=O)O)C(C)(C)[C@@H]5CC[C@@]4(C)[C@]3(C)CC[C@@]2([C@@H](O)c2nnc(-c3ccc(C#N)cc3)n2CCN)CC1=O. The van der Waals surface area contributed by atoms with Crippen LogP contribution in [0.25, 0.3) is 11.4 Å². The van der Waals surface area contributed by atoms with Crippen molar-refractivity contribution < 1.29 is 29.3 Å². The number of carbonyl (C=O) groups is 3. The highest BCUT2D eigenvalue weighted by Gasteiger charge is 2.71. The van der Waals surface area contributed by atoms with Gasteiger partial charge in [-0.15, -0.1) is 10.2 Å². The van der Waals surface area contributed by atoms with Gasteiger partial charge in [0, 0.05) is 35.9 Å². The Balaban J connectivity index is 1.22. The van der Waals surface area contributed by atoms with Crippen molar-refractivity contribution in [2.75, 3.05) is 6.54 Å². The van der Waals surface area contributed by atoms with E-state index < -0.39 is 28.9 Å². The number of carbonyl (C=O) groups excluding carboxylic acids is 2. The fraction of sp³-hybridized carbons (Fsp3) is 0.702. The van der Waals surface area contributed by atoms with Gasteiger partial charge in [-0.25, -0.2) is 0 Å². The molecule has 0 aliphatic heterocycles. The van der Waals surface area contributed by atoms with Crippen LogP contribution in [-0.2, 0) is 25.7 Å². The number of nitriles is 1. The lowest BCUT2D eigenvalue weighted by molar-refractivity contribution is -0.235. The smallest absolute Gasteiger partial charge is 0.309 e. The minimum absolute atomic E-state index is 0.00299. The highest BCUT2D eigenvalue weighted by molar-refractivity contribution is 6.00. The molecule has 4 saturated carbocycles. The topological polar surface area (TPSA) is 181 Å². The molecule has 0 bridgehead atoms. The van der Waals surface area contributed by atoms with E-state index >= 15 is 0 Å². The van der Waals surface area contributed by atoms with Crippen LogP contribution in [0.4, 0.5) is 0 Å². The molecule has 9 atom stereocenters. The predicted octanol–water partition coefficient (Wildman–Crippen LogP) is 8.20. The second-order valence-corrected chi connectivity index (χ2v) is 21.0. The summed E-state index contributed by atoms with van der Waals surface area (Å²) in [6, 6.07) is 9.34. The lowest BCUT2D eigenvalue weighted by atomic mass is 9.33. The molecule has 58 heavy (non-hydrogen) atoms. The van der Waals surface area contributed by atoms with Crippen LogP contribution in [0.15, 0.2) is 35.4 Å². The summed E-state index contributed by atoms with van der Waals surface area (Å²) in [6.07, 6.45) is 5.94. The first-order chi connectivity index (χ1) is 27.1. The van der Waals surface area contributed by atoms with Crippen molar-refractivity contribution in [3.05, 3.63) is 46.8 Å². The summed E-state index contributed by atoms with van der Waals surface area (Å²) >= 11 is 0. The van der Waals surface area contributed by atoms with Crippen LogP contribution >= 0.6 is 0 Å². The average Bonchev–Trinajstić information content (AvgIpc) is 3.71. The number of carboxylic acid groups (broad SMARTS) is 1. The number of nitrogens with zero attached hydrogens (tertiary/aromatic N) is 4. The molecule has 4 fully saturated rings. The third-order valence-electron chi connectivity index (χ3n) is 17.0. The summed E-state index contributed by atoms with van der Waals surface area (Å²) in [5.41, 5.74) is 7.09. The average molecular weight is 796 g/mol. The molecule has 314 valence electrons. The number of ether oxygens (including phenoxy) is 1. The van der Waals surface area contributed by atoms with Crippen molar-refractivity contribution in [3.63, 3.8) is 0 Å². The monoisotopic (exact) mass is 795 g/mol. The van der Waals surface area contributed by atoms with Crippen molar-refractivity contribution in [1.29, 1.82) is 5.26 Å². The number of nitrogens with two attached hydrogens (primary N) is 1. The largest absolute Gasteiger partial charge is 0.481 e. The van der Waals surface area contributed by atoms with E-state index in [0.29, 0.717) is 48.6 Å². The summed E-state index contributed by atoms with van der Waals surface area (Å²) in [5, 5.41) is 41.1. The standard InChI is InChI=1S/C47H65N5O6/c1-27(2)36-31(53)24-47(38(55)40-51-50-39(52(40)23-22-48)29-12-10-28(26-49)11-13-29)21-20-45(8)30(37(36)47)14-15-33-44(7)18-17-34(58-35(54)25-42(3,4)41(56)57)43(5,6)32(44)16-19-46(33,45)9/h10-13,27,30,32-34,38,55H,14-25,48H2,1-9H3,(H,56,57)/t30-,32+,33-,34+,38+,44+,45-,46-,47-/m1/s1. The zero-order valence-electron chi connectivity index (χ0n) is 36.2. The van der Waals surface area contributed by atoms with Crippen molar-refractivity contribution in [2.45, 2.75) is 145 Å². The van der Waals surface area contributed by atoms with E-state index in [9.17, 15) is 29.9 Å². The summed E-state index contributed by atoms with van der Waals surface area (Å²) in [4.78, 5) is 39.3. The third kappa shape index (κ3) is 6.13. The molecule has 5 aliphatic carbocycles. The van der Waals surface area contributed by atoms with E-state index in [2.05, 4.69) is 64.7 Å². The minimum atomic E-state index is -1.19. The van der Waals surface area contributed by atoms with Gasteiger partial charge in [0.25, 0.3) is 0 Å². The van der Waals surface area contributed by atoms with E-state index in [1.54, 1.807) is 26.0 Å². The number of carboxylic acids is 1. The normalized spacial score (nSPS) is 34.7. The number of aliphatic carboxylic acids is 1. The van der Waals surface area contributed by atoms with Crippen LogP contribution < -0.4 is 5.73 Å². The Bertz CT molecular complexity index is 2060. The van der Waals surface area contributed by atoms with Gasteiger partial charge in [0.15, 0.2) is 17.4 Å². The zero-order valence-corrected chi connectivity index (χ0v) is 36.2. The van der Waals surface area contributed by atoms with Gasteiger partial charge in [0.1, 0.15) is 12.2 Å². The molecular weight excluding hydrogens is 731 g/mol. The second kappa shape index (κ2) is 14.4. The van der Waals surface area contributed by atoms with Crippen molar-refractivity contribution in [3.8, 4) is 17.5 Å². The Morgan fingerprint density at radius 2 is 1.67 bits per heavy atom. The molecule has 1 heterocycles. The minimum Gasteiger partial charge on any atom is -0.481 e. The molecule has 11 heteroatoms. The molecule has 7 rings (SSSR count). The molecule has 0 unspecified atom stereocenters. The highest BCUT2D eigenvalue weighted by atomic mass is 16.5. The molecular formula is C47H65N5O6. The maximum Gasteiger partial charge on any atom is 0.309 e. The highest BCUT2D eigenvalue weighted by Crippen LogP contribution is 2.77. The number of aliphatic hydroxyl groups excluding tert-OH is 1. The number of benzene rings is 1. The van der Waals surface area contributed by atoms with Gasteiger partial charge in [-0.05, 0) is 141 Å². The Kier molecular flexibility index (Phi) is 10.5. The van der Waals surface area contributed by atoms with E-state index in [1.807, 2.05) is 16.7 Å². The third-order valence-corrected chi connectivity index (χ3v) is 17.0. The van der Waals surface area contributed by atoms with Crippen LogP contribution in [0.1, 0.15) is 144 Å². The van der Waals surface area contributed by atoms with Crippen molar-refractivity contribution in [1.82, 2.24) is 14.8 Å². The van der Waals surface area contributed by atoms with E-state index in [4.69, 9.17) is 10.5 Å². The lowest BCUT2D eigenvalue weighted by Crippen LogP contribution is -2.66. The molecule has 0 amide bonds. The van der Waals surface area contributed by atoms with Crippen molar-refractivity contribution in [2.24, 2.45) is 61.9 Å². The second-order valence-electron chi connectivity index (χ2n) is 21.0. The zero-order chi connectivity index (χ0) is 42.4.